The molecule has 3 aliphatic rings. The Morgan fingerprint density at radius 1 is 1.07 bits per heavy atom. The Hall–Kier alpha value is -2.95. The van der Waals surface area contributed by atoms with Crippen LogP contribution in [-0.4, -0.2) is 67.5 Å². The van der Waals surface area contributed by atoms with Gasteiger partial charge in [-0.1, -0.05) is 33.6 Å². The molecule has 1 aromatic carbocycles. The normalized spacial score (nSPS) is 21.3. The largest absolute Gasteiger partial charge is 0.474 e. The lowest BCUT2D eigenvalue weighted by atomic mass is 9.89. The maximum Gasteiger partial charge on any atom is 0.410 e. The van der Waals surface area contributed by atoms with Gasteiger partial charge in [0, 0.05) is 38.7 Å². The third-order valence-corrected chi connectivity index (χ3v) is 8.61. The molecule has 2 atom stereocenters. The van der Waals surface area contributed by atoms with Crippen molar-refractivity contribution in [3.05, 3.63) is 35.9 Å². The highest BCUT2D eigenvalue weighted by atomic mass is 32.2. The van der Waals surface area contributed by atoms with Crippen LogP contribution in [0.5, 0.6) is 5.88 Å². The summed E-state index contributed by atoms with van der Waals surface area (Å²) in [6, 6.07) is 3.90. The molecular formula is C29H41FN4O5S. The van der Waals surface area contributed by atoms with Gasteiger partial charge >= 0.3 is 6.09 Å². The van der Waals surface area contributed by atoms with Crippen LogP contribution in [0, 0.1) is 11.7 Å². The average molecular weight is 577 g/mol. The van der Waals surface area contributed by atoms with Gasteiger partial charge in [-0.15, -0.1) is 0 Å². The first-order valence-electron chi connectivity index (χ1n) is 14.3. The van der Waals surface area contributed by atoms with Crippen LogP contribution in [0.1, 0.15) is 71.3 Å². The quantitative estimate of drug-likeness (QED) is 0.448. The van der Waals surface area contributed by atoms with E-state index < -0.39 is 15.7 Å². The molecule has 0 radical (unpaired) electrons. The number of ether oxygens (including phenoxy) is 2. The number of nitrogens with zero attached hydrogens (tertiary/aromatic N) is 4. The van der Waals surface area contributed by atoms with Crippen LogP contribution in [0.25, 0.3) is 0 Å². The number of piperidine rings is 1. The van der Waals surface area contributed by atoms with Gasteiger partial charge in [0.1, 0.15) is 30.2 Å². The van der Waals surface area contributed by atoms with Crippen molar-refractivity contribution in [1.29, 1.82) is 0 Å². The van der Waals surface area contributed by atoms with Crippen molar-refractivity contribution < 1.29 is 27.1 Å². The van der Waals surface area contributed by atoms with Crippen LogP contribution in [0.4, 0.5) is 20.7 Å². The number of rotatable bonds is 5. The summed E-state index contributed by atoms with van der Waals surface area (Å²) in [6.45, 7) is 8.05. The number of anilines is 2. The number of amides is 1. The fourth-order valence-corrected chi connectivity index (χ4v) is 6.09. The Morgan fingerprint density at radius 2 is 1.80 bits per heavy atom. The van der Waals surface area contributed by atoms with Gasteiger partial charge in [0.15, 0.2) is 9.84 Å². The molecule has 2 aliphatic heterocycles. The number of aromatic nitrogens is 2. The second kappa shape index (κ2) is 13.1. The highest BCUT2D eigenvalue weighted by Crippen LogP contribution is 2.38. The molecule has 0 bridgehead atoms. The lowest BCUT2D eigenvalue weighted by molar-refractivity contribution is 0.0222. The van der Waals surface area contributed by atoms with Gasteiger partial charge in [-0.05, 0) is 49.8 Å². The first-order chi connectivity index (χ1) is 19.1. The van der Waals surface area contributed by atoms with Gasteiger partial charge in [-0.3, -0.25) is 0 Å². The summed E-state index contributed by atoms with van der Waals surface area (Å²) in [5, 5.41) is 0. The van der Waals surface area contributed by atoms with Crippen LogP contribution in [0.15, 0.2) is 29.4 Å². The van der Waals surface area contributed by atoms with Gasteiger partial charge in [-0.25, -0.2) is 27.6 Å². The van der Waals surface area contributed by atoms with Crippen molar-refractivity contribution in [2.45, 2.75) is 89.2 Å². The summed E-state index contributed by atoms with van der Waals surface area (Å²) >= 11 is 0. The van der Waals surface area contributed by atoms with E-state index in [0.29, 0.717) is 56.5 Å². The number of benzene rings is 1. The van der Waals surface area contributed by atoms with Crippen molar-refractivity contribution in [2.24, 2.45) is 5.92 Å². The van der Waals surface area contributed by atoms with E-state index in [1.165, 1.54) is 31.3 Å². The zero-order chi connectivity index (χ0) is 28.9. The molecule has 1 saturated heterocycles. The number of hydrogen-bond acceptors (Lipinski definition) is 8. The smallest absolute Gasteiger partial charge is 0.410 e. The van der Waals surface area contributed by atoms with Crippen LogP contribution in [-0.2, 0) is 21.0 Å². The third kappa shape index (κ3) is 7.21. The van der Waals surface area contributed by atoms with E-state index >= 15 is 0 Å². The molecule has 1 aromatic heterocycles. The Balaban J connectivity index is 0.00000118. The molecule has 1 amide bonds. The highest BCUT2D eigenvalue weighted by Gasteiger charge is 2.32. The Kier molecular flexibility index (Phi) is 9.86. The molecular weight excluding hydrogens is 535 g/mol. The fourth-order valence-electron chi connectivity index (χ4n) is 5.46. The zero-order valence-corrected chi connectivity index (χ0v) is 24.8. The predicted octanol–water partition coefficient (Wildman–Crippen LogP) is 5.69. The molecule has 3 heterocycles. The summed E-state index contributed by atoms with van der Waals surface area (Å²) in [5.41, 5.74) is 1.05. The van der Waals surface area contributed by atoms with E-state index in [1.807, 2.05) is 0 Å². The van der Waals surface area contributed by atoms with Gasteiger partial charge in [0.25, 0.3) is 0 Å². The summed E-state index contributed by atoms with van der Waals surface area (Å²) in [4.78, 5) is 24.7. The first kappa shape index (κ1) is 30.0. The molecule has 40 heavy (non-hydrogen) atoms. The van der Waals surface area contributed by atoms with Crippen molar-refractivity contribution in [2.75, 3.05) is 30.8 Å². The summed E-state index contributed by atoms with van der Waals surface area (Å²) in [7, 11) is -3.51. The van der Waals surface area contributed by atoms with E-state index in [4.69, 9.17) is 9.47 Å². The second-order valence-corrected chi connectivity index (χ2v) is 13.1. The Morgan fingerprint density at radius 3 is 2.45 bits per heavy atom. The average Bonchev–Trinajstić information content (AvgIpc) is 3.34. The molecule has 2 aromatic rings. The SMILES string of the molecule is CCC.C[C@@H]1CCCC(OC(=O)N2CCC(Oc3ncnc4c3CCN4c3ccc(S(C)(=O)=O)cc3F)CC2)C1. The zero-order valence-electron chi connectivity index (χ0n) is 23.9. The maximum absolute atomic E-state index is 14.8. The van der Waals surface area contributed by atoms with Gasteiger partial charge < -0.3 is 19.3 Å². The first-order valence-corrected chi connectivity index (χ1v) is 16.2. The minimum atomic E-state index is -3.51. The van der Waals surface area contributed by atoms with E-state index in [9.17, 15) is 17.6 Å². The molecule has 11 heteroatoms. The minimum absolute atomic E-state index is 0.0178. The van der Waals surface area contributed by atoms with E-state index in [1.54, 1.807) is 9.80 Å². The van der Waals surface area contributed by atoms with Crippen molar-refractivity contribution in [3.63, 3.8) is 0 Å². The summed E-state index contributed by atoms with van der Waals surface area (Å²) < 4.78 is 50.4. The molecule has 2 fully saturated rings. The number of sulfone groups is 1. The fraction of sp³-hybridized carbons (Fsp3) is 0.621. The highest BCUT2D eigenvalue weighted by molar-refractivity contribution is 7.90. The summed E-state index contributed by atoms with van der Waals surface area (Å²) in [5.74, 6) is 0.995. The van der Waals surface area contributed by atoms with E-state index in [0.717, 1.165) is 37.1 Å². The topological polar surface area (TPSA) is 102 Å². The van der Waals surface area contributed by atoms with E-state index in [2.05, 4.69) is 30.7 Å². The van der Waals surface area contributed by atoms with Gasteiger partial charge in [-0.2, -0.15) is 0 Å². The van der Waals surface area contributed by atoms with Crippen molar-refractivity contribution in [1.82, 2.24) is 14.9 Å². The molecule has 220 valence electrons. The number of halogens is 1. The second-order valence-electron chi connectivity index (χ2n) is 11.1. The minimum Gasteiger partial charge on any atom is -0.474 e. The lowest BCUT2D eigenvalue weighted by Crippen LogP contribution is -2.43. The number of carbonyl (C=O) groups is 1. The molecule has 1 unspecified atom stereocenters. The molecule has 9 nitrogen and oxygen atoms in total. The third-order valence-electron chi connectivity index (χ3n) is 7.50. The van der Waals surface area contributed by atoms with Crippen molar-refractivity contribution >= 4 is 27.4 Å². The van der Waals surface area contributed by atoms with Crippen LogP contribution >= 0.6 is 0 Å². The molecule has 1 saturated carbocycles. The standard InChI is InChI=1S/C26H33FN4O5S.C3H8/c1-17-4-3-5-19(14-17)36-26(32)30-11-8-18(9-12-30)35-25-21-10-13-31(24(21)28-16-29-25)23-7-6-20(15-22(23)27)37(2,33)34;1-3-2/h6-7,15-19H,3-5,8-14H2,1-2H3;3H2,1-2H3/t17-,19?;/m1./s1. The molecule has 1 aliphatic carbocycles. The number of fused-ring (bicyclic) bond motifs is 1. The monoisotopic (exact) mass is 576 g/mol. The lowest BCUT2D eigenvalue weighted by Gasteiger charge is -2.34. The number of hydrogen-bond donors (Lipinski definition) is 0. The van der Waals surface area contributed by atoms with Gasteiger partial charge in [0.05, 0.1) is 16.1 Å². The Bertz CT molecular complexity index is 1280. The Labute approximate surface area is 237 Å². The molecule has 0 N–H and O–H groups in total. The molecule has 5 rings (SSSR count). The number of carbonyl (C=O) groups excluding carboxylic acids is 1. The molecule has 0 spiro atoms. The van der Waals surface area contributed by atoms with Crippen LogP contribution in [0.2, 0.25) is 0 Å². The van der Waals surface area contributed by atoms with E-state index in [-0.39, 0.29) is 28.9 Å². The van der Waals surface area contributed by atoms with Crippen LogP contribution < -0.4 is 9.64 Å². The van der Waals surface area contributed by atoms with Gasteiger partial charge in [0.2, 0.25) is 5.88 Å². The van der Waals surface area contributed by atoms with Crippen LogP contribution in [0.3, 0.4) is 0 Å². The van der Waals surface area contributed by atoms with Crippen molar-refractivity contribution in [3.8, 4) is 5.88 Å². The summed E-state index contributed by atoms with van der Waals surface area (Å²) in [6.07, 6.45) is 9.47. The maximum atomic E-state index is 14.8. The predicted molar refractivity (Wildman–Crippen MR) is 151 cm³/mol. The number of likely N-dealkylation sites (tertiary alicyclic amines) is 1.